The van der Waals surface area contributed by atoms with Gasteiger partial charge in [0, 0.05) is 29.8 Å². The first kappa shape index (κ1) is 15.8. The Hall–Kier alpha value is -0.550. The lowest BCUT2D eigenvalue weighted by molar-refractivity contribution is 0.0365. The van der Waals surface area contributed by atoms with Gasteiger partial charge in [-0.15, -0.1) is 11.8 Å². The molecule has 4 heteroatoms. The summed E-state index contributed by atoms with van der Waals surface area (Å²) in [7, 11) is 0. The molecule has 1 fully saturated rings. The van der Waals surface area contributed by atoms with Crippen molar-refractivity contribution in [3.05, 3.63) is 30.3 Å². The van der Waals surface area contributed by atoms with Gasteiger partial charge in [0.25, 0.3) is 0 Å². The summed E-state index contributed by atoms with van der Waals surface area (Å²) in [6, 6.07) is 11.3. The fraction of sp³-hybridized carbons (Fsp3) is 0.625. The molecule has 1 saturated heterocycles. The molecule has 0 aliphatic carbocycles. The Kier molecular flexibility index (Phi) is 7.44. The molecule has 0 bridgehead atoms. The maximum atomic E-state index is 5.40. The van der Waals surface area contributed by atoms with Crippen molar-refractivity contribution < 1.29 is 4.74 Å². The number of benzene rings is 1. The summed E-state index contributed by atoms with van der Waals surface area (Å²) in [6.45, 7) is 8.37. The zero-order valence-corrected chi connectivity index (χ0v) is 13.2. The minimum atomic E-state index is 0.591. The molecule has 0 amide bonds. The second-order valence-electron chi connectivity index (χ2n) is 5.12. The number of rotatable bonds is 8. The average molecular weight is 294 g/mol. The van der Waals surface area contributed by atoms with Crippen LogP contribution in [0.3, 0.4) is 0 Å². The van der Waals surface area contributed by atoms with Crippen LogP contribution in [0.1, 0.15) is 13.3 Å². The van der Waals surface area contributed by atoms with Gasteiger partial charge in [-0.05, 0) is 31.6 Å². The van der Waals surface area contributed by atoms with Gasteiger partial charge in [-0.3, -0.25) is 4.90 Å². The lowest BCUT2D eigenvalue weighted by Crippen LogP contribution is -2.40. The molecule has 1 atom stereocenters. The first-order chi connectivity index (χ1) is 9.88. The number of ether oxygens (including phenoxy) is 1. The third-order valence-corrected chi connectivity index (χ3v) is 4.76. The number of thioether (sulfide) groups is 1. The quantitative estimate of drug-likeness (QED) is 0.745. The van der Waals surface area contributed by atoms with E-state index in [2.05, 4.69) is 47.5 Å². The van der Waals surface area contributed by atoms with Crippen LogP contribution in [-0.2, 0) is 4.74 Å². The first-order valence-electron chi connectivity index (χ1n) is 7.60. The van der Waals surface area contributed by atoms with Crippen molar-refractivity contribution in [2.24, 2.45) is 0 Å². The molecule has 20 heavy (non-hydrogen) atoms. The van der Waals surface area contributed by atoms with Crippen molar-refractivity contribution in [3.63, 3.8) is 0 Å². The molecule has 3 nitrogen and oxygen atoms in total. The topological polar surface area (TPSA) is 24.5 Å². The summed E-state index contributed by atoms with van der Waals surface area (Å²) in [6.07, 6.45) is 1.22. The van der Waals surface area contributed by atoms with Crippen LogP contribution in [0.4, 0.5) is 0 Å². The Morgan fingerprint density at radius 1 is 1.25 bits per heavy atom. The maximum Gasteiger partial charge on any atom is 0.0594 e. The molecule has 1 unspecified atom stereocenters. The molecule has 112 valence electrons. The van der Waals surface area contributed by atoms with Gasteiger partial charge in [0.2, 0.25) is 0 Å². The second kappa shape index (κ2) is 9.40. The maximum absolute atomic E-state index is 5.40. The van der Waals surface area contributed by atoms with Crippen molar-refractivity contribution in [3.8, 4) is 0 Å². The fourth-order valence-corrected chi connectivity index (χ4v) is 3.44. The molecular weight excluding hydrogens is 268 g/mol. The highest BCUT2D eigenvalue weighted by Crippen LogP contribution is 2.19. The zero-order valence-electron chi connectivity index (χ0n) is 12.4. The lowest BCUT2D eigenvalue weighted by atomic mass is 10.2. The molecule has 1 aromatic carbocycles. The van der Waals surface area contributed by atoms with Gasteiger partial charge in [0.1, 0.15) is 0 Å². The number of nitrogens with zero attached hydrogens (tertiary/aromatic N) is 1. The van der Waals surface area contributed by atoms with Crippen LogP contribution in [0.25, 0.3) is 0 Å². The standard InChI is InChI=1S/C16H26N2OS/c1-2-17-15(8-9-18-10-12-19-13-11-18)14-20-16-6-4-3-5-7-16/h3-7,15,17H,2,8-14H2,1H3. The molecule has 0 spiro atoms. The predicted octanol–water partition coefficient (Wildman–Crippen LogP) is 2.48. The third-order valence-electron chi connectivity index (χ3n) is 3.58. The molecule has 1 aliphatic heterocycles. The van der Waals surface area contributed by atoms with E-state index in [4.69, 9.17) is 4.74 Å². The molecule has 1 aromatic rings. The van der Waals surface area contributed by atoms with E-state index in [-0.39, 0.29) is 0 Å². The first-order valence-corrected chi connectivity index (χ1v) is 8.58. The molecule has 1 N–H and O–H groups in total. The van der Waals surface area contributed by atoms with Crippen molar-refractivity contribution in [2.75, 3.05) is 45.1 Å². The van der Waals surface area contributed by atoms with Gasteiger partial charge in [0.15, 0.2) is 0 Å². The summed E-state index contributed by atoms with van der Waals surface area (Å²) in [4.78, 5) is 3.88. The van der Waals surface area contributed by atoms with Gasteiger partial charge in [-0.1, -0.05) is 25.1 Å². The van der Waals surface area contributed by atoms with Crippen molar-refractivity contribution >= 4 is 11.8 Å². The minimum Gasteiger partial charge on any atom is -0.379 e. The SMILES string of the molecule is CCNC(CCN1CCOCC1)CSc1ccccc1. The highest BCUT2D eigenvalue weighted by molar-refractivity contribution is 7.99. The highest BCUT2D eigenvalue weighted by Gasteiger charge is 2.13. The predicted molar refractivity (Wildman–Crippen MR) is 86.5 cm³/mol. The average Bonchev–Trinajstić information content (AvgIpc) is 2.52. The zero-order chi connectivity index (χ0) is 14.0. The van der Waals surface area contributed by atoms with E-state index in [1.807, 2.05) is 11.8 Å². The molecule has 1 aliphatic rings. The van der Waals surface area contributed by atoms with Crippen LogP contribution >= 0.6 is 11.8 Å². The van der Waals surface area contributed by atoms with E-state index in [0.29, 0.717) is 6.04 Å². The molecular formula is C16H26N2OS. The van der Waals surface area contributed by atoms with Crippen LogP contribution in [0, 0.1) is 0 Å². The highest BCUT2D eigenvalue weighted by atomic mass is 32.2. The minimum absolute atomic E-state index is 0.591. The van der Waals surface area contributed by atoms with Crippen LogP contribution in [0.5, 0.6) is 0 Å². The Morgan fingerprint density at radius 3 is 2.70 bits per heavy atom. The van der Waals surface area contributed by atoms with E-state index >= 15 is 0 Å². The number of morpholine rings is 1. The molecule has 1 heterocycles. The van der Waals surface area contributed by atoms with Crippen LogP contribution in [-0.4, -0.2) is 56.1 Å². The fourth-order valence-electron chi connectivity index (χ4n) is 2.41. The Bertz CT molecular complexity index is 355. The number of hydrogen-bond donors (Lipinski definition) is 1. The van der Waals surface area contributed by atoms with Crippen molar-refractivity contribution in [2.45, 2.75) is 24.3 Å². The summed E-state index contributed by atoms with van der Waals surface area (Å²) in [5.41, 5.74) is 0. The largest absolute Gasteiger partial charge is 0.379 e. The Morgan fingerprint density at radius 2 is 2.00 bits per heavy atom. The number of nitrogens with one attached hydrogen (secondary N) is 1. The Labute approximate surface area is 127 Å². The van der Waals surface area contributed by atoms with Crippen LogP contribution in [0.15, 0.2) is 35.2 Å². The van der Waals surface area contributed by atoms with Gasteiger partial charge in [-0.2, -0.15) is 0 Å². The van der Waals surface area contributed by atoms with E-state index in [0.717, 1.165) is 38.6 Å². The summed E-state index contributed by atoms with van der Waals surface area (Å²) in [5, 5.41) is 3.61. The van der Waals surface area contributed by atoms with Crippen molar-refractivity contribution in [1.82, 2.24) is 10.2 Å². The summed E-state index contributed by atoms with van der Waals surface area (Å²) >= 11 is 1.95. The molecule has 0 aromatic heterocycles. The second-order valence-corrected chi connectivity index (χ2v) is 6.21. The van der Waals surface area contributed by atoms with Gasteiger partial charge in [-0.25, -0.2) is 0 Å². The van der Waals surface area contributed by atoms with E-state index in [9.17, 15) is 0 Å². The number of hydrogen-bond acceptors (Lipinski definition) is 4. The molecule has 0 saturated carbocycles. The summed E-state index contributed by atoms with van der Waals surface area (Å²) in [5.74, 6) is 1.14. The Balaban J connectivity index is 1.71. The van der Waals surface area contributed by atoms with Gasteiger partial charge < -0.3 is 10.1 Å². The monoisotopic (exact) mass is 294 g/mol. The third kappa shape index (κ3) is 5.83. The summed E-state index contributed by atoms with van der Waals surface area (Å²) < 4.78 is 5.40. The van der Waals surface area contributed by atoms with Gasteiger partial charge >= 0.3 is 0 Å². The van der Waals surface area contributed by atoms with Gasteiger partial charge in [0.05, 0.1) is 13.2 Å². The molecule has 0 radical (unpaired) electrons. The lowest BCUT2D eigenvalue weighted by Gasteiger charge is -2.28. The van der Waals surface area contributed by atoms with E-state index < -0.39 is 0 Å². The normalized spacial score (nSPS) is 18.1. The van der Waals surface area contributed by atoms with Crippen molar-refractivity contribution in [1.29, 1.82) is 0 Å². The van der Waals surface area contributed by atoms with E-state index in [1.54, 1.807) is 0 Å². The van der Waals surface area contributed by atoms with E-state index in [1.165, 1.54) is 17.9 Å². The smallest absolute Gasteiger partial charge is 0.0594 e. The van der Waals surface area contributed by atoms with Crippen LogP contribution in [0.2, 0.25) is 0 Å². The molecule has 2 rings (SSSR count). The van der Waals surface area contributed by atoms with Crippen LogP contribution < -0.4 is 5.32 Å².